The maximum absolute atomic E-state index is 12.8. The normalized spacial score (nSPS) is 10.8. The molecule has 4 aromatic rings. The number of amides is 1. The number of hydrogen-bond acceptors (Lipinski definition) is 8. The van der Waals surface area contributed by atoms with Gasteiger partial charge in [-0.3, -0.25) is 9.36 Å². The summed E-state index contributed by atoms with van der Waals surface area (Å²) < 4.78 is 12.5. The number of nitrogens with zero attached hydrogens (tertiary/aromatic N) is 3. The molecule has 0 atom stereocenters. The number of furan rings is 1. The summed E-state index contributed by atoms with van der Waals surface area (Å²) in [6.07, 6.45) is 3.26. The van der Waals surface area contributed by atoms with Crippen LogP contribution < -0.4 is 5.32 Å². The van der Waals surface area contributed by atoms with Gasteiger partial charge in [0.1, 0.15) is 16.3 Å². The average molecular weight is 529 g/mol. The van der Waals surface area contributed by atoms with E-state index in [4.69, 9.17) is 20.8 Å². The van der Waals surface area contributed by atoms with Crippen molar-refractivity contribution in [1.29, 1.82) is 0 Å². The van der Waals surface area contributed by atoms with E-state index < -0.39 is 5.97 Å². The van der Waals surface area contributed by atoms with Gasteiger partial charge >= 0.3 is 5.97 Å². The Labute approximate surface area is 215 Å². The fraction of sp³-hybridized carbons (Fsp3) is 0.167. The van der Waals surface area contributed by atoms with Crippen LogP contribution in [0.4, 0.5) is 5.00 Å². The number of thiophene rings is 1. The molecule has 0 fully saturated rings. The van der Waals surface area contributed by atoms with E-state index >= 15 is 0 Å². The molecule has 4 rings (SSSR count). The molecule has 3 aromatic heterocycles. The Kier molecular flexibility index (Phi) is 8.06. The topological polar surface area (TPSA) is 99.3 Å². The lowest BCUT2D eigenvalue weighted by atomic mass is 10.1. The number of halogens is 1. The Morgan fingerprint density at radius 3 is 2.77 bits per heavy atom. The van der Waals surface area contributed by atoms with Crippen LogP contribution in [0.15, 0.2) is 70.3 Å². The molecule has 0 aliphatic carbocycles. The molecule has 180 valence electrons. The van der Waals surface area contributed by atoms with Gasteiger partial charge in [0.25, 0.3) is 0 Å². The van der Waals surface area contributed by atoms with Gasteiger partial charge in [-0.05, 0) is 43.3 Å². The van der Waals surface area contributed by atoms with E-state index in [0.717, 1.165) is 5.56 Å². The molecule has 0 saturated carbocycles. The van der Waals surface area contributed by atoms with Crippen LogP contribution >= 0.6 is 34.7 Å². The summed E-state index contributed by atoms with van der Waals surface area (Å²) in [6.45, 7) is 6.22. The van der Waals surface area contributed by atoms with E-state index in [9.17, 15) is 9.59 Å². The second-order valence-electron chi connectivity index (χ2n) is 7.10. The van der Waals surface area contributed by atoms with Crippen LogP contribution in [0.5, 0.6) is 0 Å². The number of nitrogens with one attached hydrogen (secondary N) is 1. The maximum Gasteiger partial charge on any atom is 0.341 e. The molecule has 3 heterocycles. The Morgan fingerprint density at radius 2 is 2.09 bits per heavy atom. The highest BCUT2D eigenvalue weighted by molar-refractivity contribution is 7.99. The quantitative estimate of drug-likeness (QED) is 0.153. The van der Waals surface area contributed by atoms with E-state index in [0.29, 0.717) is 38.9 Å². The Balaban J connectivity index is 1.51. The number of esters is 1. The number of ether oxygens (including phenoxy) is 1. The largest absolute Gasteiger partial charge is 0.464 e. The van der Waals surface area contributed by atoms with E-state index in [2.05, 4.69) is 22.1 Å². The molecular formula is C24H21ClN4O4S2. The molecule has 35 heavy (non-hydrogen) atoms. The molecule has 0 unspecified atom stereocenters. The molecule has 0 aliphatic heterocycles. The van der Waals surface area contributed by atoms with Crippen molar-refractivity contribution in [1.82, 2.24) is 14.8 Å². The third kappa shape index (κ3) is 5.67. The zero-order chi connectivity index (χ0) is 24.8. The fourth-order valence-electron chi connectivity index (χ4n) is 3.26. The van der Waals surface area contributed by atoms with Crippen LogP contribution in [0.2, 0.25) is 5.02 Å². The summed E-state index contributed by atoms with van der Waals surface area (Å²) in [7, 11) is 0. The zero-order valence-corrected chi connectivity index (χ0v) is 21.1. The van der Waals surface area contributed by atoms with Crippen molar-refractivity contribution >= 4 is 51.6 Å². The Morgan fingerprint density at radius 1 is 1.29 bits per heavy atom. The number of aromatic nitrogens is 3. The van der Waals surface area contributed by atoms with Crippen molar-refractivity contribution in [3.05, 3.63) is 71.3 Å². The third-order valence-electron chi connectivity index (χ3n) is 4.77. The lowest BCUT2D eigenvalue weighted by molar-refractivity contribution is -0.113. The molecule has 11 heteroatoms. The standard InChI is InChI=1S/C24H21ClN4O4S2/c1-3-11-29-21(15-7-9-16(25)10-8-15)27-28-24(29)35-14-19(30)26-22-20(23(31)32-4-2)17(13-34-22)18-6-5-12-33-18/h3,5-10,12-13H,1,4,11,14H2,2H3,(H,26,30). The summed E-state index contributed by atoms with van der Waals surface area (Å²) in [5, 5.41) is 14.7. The second-order valence-corrected chi connectivity index (χ2v) is 9.36. The SMILES string of the molecule is C=CCn1c(SCC(=O)Nc2scc(-c3ccco3)c2C(=O)OCC)nnc1-c1ccc(Cl)cc1. The summed E-state index contributed by atoms with van der Waals surface area (Å²) in [6, 6.07) is 10.8. The predicted molar refractivity (Wildman–Crippen MR) is 138 cm³/mol. The Bertz CT molecular complexity index is 1330. The minimum Gasteiger partial charge on any atom is -0.464 e. The van der Waals surface area contributed by atoms with Crippen LogP contribution in [-0.4, -0.2) is 39.0 Å². The van der Waals surface area contributed by atoms with Crippen LogP contribution in [0.25, 0.3) is 22.7 Å². The van der Waals surface area contributed by atoms with Gasteiger partial charge in [-0.25, -0.2) is 4.79 Å². The molecular weight excluding hydrogens is 508 g/mol. The van der Waals surface area contributed by atoms with Crippen molar-refractivity contribution in [2.24, 2.45) is 0 Å². The van der Waals surface area contributed by atoms with Crippen LogP contribution in [-0.2, 0) is 16.1 Å². The number of allylic oxidation sites excluding steroid dienone is 1. The van der Waals surface area contributed by atoms with E-state index in [-0.39, 0.29) is 23.8 Å². The van der Waals surface area contributed by atoms with Crippen LogP contribution in [0.1, 0.15) is 17.3 Å². The molecule has 0 radical (unpaired) electrons. The van der Waals surface area contributed by atoms with Gasteiger partial charge in [0.15, 0.2) is 11.0 Å². The number of rotatable bonds is 10. The third-order valence-corrected chi connectivity index (χ3v) is 6.89. The molecule has 1 aromatic carbocycles. The van der Waals surface area contributed by atoms with E-state index in [1.54, 1.807) is 42.6 Å². The van der Waals surface area contributed by atoms with Crippen molar-refractivity contribution in [3.8, 4) is 22.7 Å². The van der Waals surface area contributed by atoms with E-state index in [1.807, 2.05) is 16.7 Å². The minimum absolute atomic E-state index is 0.0617. The summed E-state index contributed by atoms with van der Waals surface area (Å²) in [5.41, 5.74) is 1.69. The van der Waals surface area contributed by atoms with Crippen molar-refractivity contribution in [2.45, 2.75) is 18.6 Å². The molecule has 0 saturated heterocycles. The number of carbonyl (C=O) groups excluding carboxylic acids is 2. The lowest BCUT2D eigenvalue weighted by Crippen LogP contribution is -2.16. The number of benzene rings is 1. The number of thioether (sulfide) groups is 1. The van der Waals surface area contributed by atoms with Crippen molar-refractivity contribution in [2.75, 3.05) is 17.7 Å². The first kappa shape index (κ1) is 24.8. The highest BCUT2D eigenvalue weighted by Gasteiger charge is 2.24. The van der Waals surface area contributed by atoms with Gasteiger partial charge in [0.05, 0.1) is 18.6 Å². The smallest absolute Gasteiger partial charge is 0.341 e. The first-order valence-electron chi connectivity index (χ1n) is 10.6. The molecule has 0 spiro atoms. The molecule has 8 nitrogen and oxygen atoms in total. The van der Waals surface area contributed by atoms with Gasteiger partial charge in [-0.2, -0.15) is 0 Å². The summed E-state index contributed by atoms with van der Waals surface area (Å²) >= 11 is 8.46. The molecule has 0 bridgehead atoms. The Hall–Kier alpha value is -3.34. The average Bonchev–Trinajstić information content (AvgIpc) is 3.59. The highest BCUT2D eigenvalue weighted by Crippen LogP contribution is 2.36. The maximum atomic E-state index is 12.8. The van der Waals surface area contributed by atoms with Gasteiger partial charge in [-0.15, -0.1) is 28.1 Å². The monoisotopic (exact) mass is 528 g/mol. The molecule has 1 N–H and O–H groups in total. The van der Waals surface area contributed by atoms with E-state index in [1.165, 1.54) is 29.4 Å². The first-order valence-corrected chi connectivity index (χ1v) is 12.8. The number of hydrogen-bond donors (Lipinski definition) is 1. The molecule has 1 amide bonds. The van der Waals surface area contributed by atoms with Crippen LogP contribution in [0, 0.1) is 0 Å². The van der Waals surface area contributed by atoms with Gasteiger partial charge in [0, 0.05) is 28.1 Å². The predicted octanol–water partition coefficient (Wildman–Crippen LogP) is 6.01. The number of anilines is 1. The van der Waals surface area contributed by atoms with Crippen molar-refractivity contribution in [3.63, 3.8) is 0 Å². The van der Waals surface area contributed by atoms with Gasteiger partial charge in [-0.1, -0.05) is 29.4 Å². The summed E-state index contributed by atoms with van der Waals surface area (Å²) in [4.78, 5) is 25.4. The minimum atomic E-state index is -0.526. The zero-order valence-electron chi connectivity index (χ0n) is 18.7. The lowest BCUT2D eigenvalue weighted by Gasteiger charge is -2.09. The van der Waals surface area contributed by atoms with Crippen LogP contribution in [0.3, 0.4) is 0 Å². The van der Waals surface area contributed by atoms with Crippen molar-refractivity contribution < 1.29 is 18.7 Å². The second kappa shape index (κ2) is 11.4. The fourth-order valence-corrected chi connectivity index (χ4v) is 5.09. The number of carbonyl (C=O) groups is 2. The summed E-state index contributed by atoms with van der Waals surface area (Å²) in [5.74, 6) is 0.407. The van der Waals surface area contributed by atoms with Gasteiger partial charge in [0.2, 0.25) is 5.91 Å². The first-order chi connectivity index (χ1) is 17.0. The molecule has 0 aliphatic rings. The highest BCUT2D eigenvalue weighted by atomic mass is 35.5. The van der Waals surface area contributed by atoms with Gasteiger partial charge < -0.3 is 14.5 Å².